The number of aromatic hydroxyl groups is 1. The van der Waals surface area contributed by atoms with E-state index in [1.807, 2.05) is 22.6 Å². The van der Waals surface area contributed by atoms with Gasteiger partial charge in [0.05, 0.1) is 10.1 Å². The maximum atomic E-state index is 12.1. The van der Waals surface area contributed by atoms with Crippen LogP contribution in [0.5, 0.6) is 5.75 Å². The van der Waals surface area contributed by atoms with Gasteiger partial charge in [-0.1, -0.05) is 5.16 Å². The maximum absolute atomic E-state index is 12.1. The third-order valence-electron chi connectivity index (χ3n) is 2.34. The molecule has 1 aromatic carbocycles. The van der Waals surface area contributed by atoms with Gasteiger partial charge in [-0.05, 0) is 47.7 Å². The lowest BCUT2D eigenvalue weighted by atomic mass is 10.2. The van der Waals surface area contributed by atoms with Crippen molar-refractivity contribution in [1.29, 1.82) is 0 Å². The third kappa shape index (κ3) is 3.49. The summed E-state index contributed by atoms with van der Waals surface area (Å²) in [6.45, 7) is 2.25. The Morgan fingerprint density at radius 1 is 1.56 bits per heavy atom. The summed E-state index contributed by atoms with van der Waals surface area (Å²) in [5.74, 6) is -0.267. The number of phenols is 1. The summed E-state index contributed by atoms with van der Waals surface area (Å²) in [6.07, 6.45) is 0. The Balaban J connectivity index is 2.93. The molecule has 0 spiro atoms. The molecule has 18 heavy (non-hydrogen) atoms. The number of nitrogens with two attached hydrogens (primary N) is 1. The lowest BCUT2D eigenvalue weighted by Gasteiger charge is -2.20. The molecular formula is C11H14IN3O3. The molecule has 7 heteroatoms. The van der Waals surface area contributed by atoms with Crippen LogP contribution < -0.4 is 5.73 Å². The van der Waals surface area contributed by atoms with Crippen molar-refractivity contribution in [3.05, 3.63) is 27.3 Å². The fraction of sp³-hybridized carbons (Fsp3) is 0.273. The van der Waals surface area contributed by atoms with Crippen molar-refractivity contribution < 1.29 is 15.1 Å². The quantitative estimate of drug-likeness (QED) is 0.246. The third-order valence-corrected chi connectivity index (χ3v) is 3.26. The topological polar surface area (TPSA) is 99.1 Å². The Hall–Kier alpha value is -1.51. The van der Waals surface area contributed by atoms with Gasteiger partial charge in [-0.15, -0.1) is 0 Å². The average Bonchev–Trinajstić information content (AvgIpc) is 2.38. The highest BCUT2D eigenvalue weighted by Gasteiger charge is 2.16. The molecule has 0 aromatic heterocycles. The van der Waals surface area contributed by atoms with Crippen LogP contribution in [-0.2, 0) is 0 Å². The zero-order valence-electron chi connectivity index (χ0n) is 9.80. The molecule has 98 valence electrons. The molecule has 0 aliphatic carbocycles. The number of hydrogen-bond acceptors (Lipinski definition) is 4. The van der Waals surface area contributed by atoms with Gasteiger partial charge in [0.25, 0.3) is 5.91 Å². The second kappa shape index (κ2) is 6.43. The minimum Gasteiger partial charge on any atom is -0.507 e. The molecule has 0 heterocycles. The van der Waals surface area contributed by atoms with Gasteiger partial charge in [-0.25, -0.2) is 0 Å². The lowest BCUT2D eigenvalue weighted by Crippen LogP contribution is -2.38. The lowest BCUT2D eigenvalue weighted by molar-refractivity contribution is 0.0785. The summed E-state index contributed by atoms with van der Waals surface area (Å²) < 4.78 is 0.670. The standard InChI is InChI=1S/C11H14IN3O3/c1-2-15(6-10(13)14-18)11(17)7-3-4-8(12)9(16)5-7/h3-5,16,18H,2,6H2,1H3,(H2,13,14). The number of oxime groups is 1. The molecule has 1 amide bonds. The zero-order chi connectivity index (χ0) is 13.7. The molecule has 0 aliphatic rings. The Kier molecular flexibility index (Phi) is 5.20. The maximum Gasteiger partial charge on any atom is 0.254 e. The normalized spacial score (nSPS) is 11.3. The van der Waals surface area contributed by atoms with Gasteiger partial charge in [-0.2, -0.15) is 0 Å². The van der Waals surface area contributed by atoms with Crippen molar-refractivity contribution in [2.45, 2.75) is 6.92 Å². The van der Waals surface area contributed by atoms with Gasteiger partial charge in [0.2, 0.25) is 0 Å². The van der Waals surface area contributed by atoms with Gasteiger partial charge >= 0.3 is 0 Å². The van der Waals surface area contributed by atoms with Crippen molar-refractivity contribution in [2.75, 3.05) is 13.1 Å². The predicted molar refractivity (Wildman–Crippen MR) is 75.8 cm³/mol. The summed E-state index contributed by atoms with van der Waals surface area (Å²) in [7, 11) is 0. The number of hydrogen-bond donors (Lipinski definition) is 3. The molecule has 0 fully saturated rings. The van der Waals surface area contributed by atoms with Gasteiger partial charge in [0.15, 0.2) is 5.84 Å². The van der Waals surface area contributed by atoms with E-state index in [1.165, 1.54) is 11.0 Å². The van der Waals surface area contributed by atoms with E-state index < -0.39 is 0 Å². The number of halogens is 1. The largest absolute Gasteiger partial charge is 0.507 e. The molecule has 4 N–H and O–H groups in total. The van der Waals surface area contributed by atoms with Crippen molar-refractivity contribution in [2.24, 2.45) is 10.9 Å². The molecule has 0 bridgehead atoms. The number of amidine groups is 1. The molecule has 1 rings (SSSR count). The number of phenolic OH excluding ortho intramolecular Hbond substituents is 1. The Bertz CT molecular complexity index is 477. The fourth-order valence-corrected chi connectivity index (χ4v) is 1.72. The number of rotatable bonds is 4. The van der Waals surface area contributed by atoms with Gasteiger partial charge in [0, 0.05) is 12.1 Å². The van der Waals surface area contributed by atoms with E-state index in [4.69, 9.17) is 10.9 Å². The molecular weight excluding hydrogens is 349 g/mol. The van der Waals surface area contributed by atoms with Crippen LogP contribution >= 0.6 is 22.6 Å². The number of likely N-dealkylation sites (N-methyl/N-ethyl adjacent to an activating group) is 1. The first-order valence-electron chi connectivity index (χ1n) is 5.23. The number of carbonyl (C=O) groups excluding carboxylic acids is 1. The van der Waals surface area contributed by atoms with Crippen LogP contribution in [0.3, 0.4) is 0 Å². The molecule has 0 atom stereocenters. The van der Waals surface area contributed by atoms with E-state index in [0.717, 1.165) is 0 Å². The summed E-state index contributed by atoms with van der Waals surface area (Å²) in [6, 6.07) is 4.68. The number of nitrogens with zero attached hydrogens (tertiary/aromatic N) is 2. The van der Waals surface area contributed by atoms with Crippen LogP contribution in [0.1, 0.15) is 17.3 Å². The Morgan fingerprint density at radius 3 is 2.72 bits per heavy atom. The number of amides is 1. The Morgan fingerprint density at radius 2 is 2.22 bits per heavy atom. The zero-order valence-corrected chi connectivity index (χ0v) is 12.0. The highest BCUT2D eigenvalue weighted by atomic mass is 127. The van der Waals surface area contributed by atoms with E-state index in [-0.39, 0.29) is 24.0 Å². The van der Waals surface area contributed by atoms with Crippen LogP contribution in [-0.4, -0.2) is 40.0 Å². The highest BCUT2D eigenvalue weighted by molar-refractivity contribution is 14.1. The molecule has 0 radical (unpaired) electrons. The van der Waals surface area contributed by atoms with E-state index in [1.54, 1.807) is 19.1 Å². The van der Waals surface area contributed by atoms with E-state index in [0.29, 0.717) is 15.7 Å². The van der Waals surface area contributed by atoms with Crippen molar-refractivity contribution in [3.8, 4) is 5.75 Å². The molecule has 6 nitrogen and oxygen atoms in total. The average molecular weight is 363 g/mol. The van der Waals surface area contributed by atoms with Gasteiger partial charge < -0.3 is 20.9 Å². The van der Waals surface area contributed by atoms with Crippen LogP contribution in [0.4, 0.5) is 0 Å². The van der Waals surface area contributed by atoms with Gasteiger partial charge in [-0.3, -0.25) is 4.79 Å². The van der Waals surface area contributed by atoms with E-state index in [9.17, 15) is 9.90 Å². The van der Waals surface area contributed by atoms with Crippen LogP contribution in [0.25, 0.3) is 0 Å². The number of benzene rings is 1. The first-order chi connectivity index (χ1) is 8.49. The fourth-order valence-electron chi connectivity index (χ4n) is 1.38. The Labute approximate surface area is 118 Å². The molecule has 0 unspecified atom stereocenters. The van der Waals surface area contributed by atoms with E-state index >= 15 is 0 Å². The summed E-state index contributed by atoms with van der Waals surface area (Å²) >= 11 is 1.97. The monoisotopic (exact) mass is 363 g/mol. The van der Waals surface area contributed by atoms with Gasteiger partial charge in [0.1, 0.15) is 5.75 Å². The first-order valence-corrected chi connectivity index (χ1v) is 6.31. The summed E-state index contributed by atoms with van der Waals surface area (Å²) in [5, 5.41) is 20.9. The molecule has 0 saturated heterocycles. The highest BCUT2D eigenvalue weighted by Crippen LogP contribution is 2.21. The van der Waals surface area contributed by atoms with Crippen LogP contribution in [0.15, 0.2) is 23.4 Å². The minimum atomic E-state index is -0.282. The van der Waals surface area contributed by atoms with Crippen molar-refractivity contribution >= 4 is 34.3 Å². The second-order valence-electron chi connectivity index (χ2n) is 3.58. The summed E-state index contributed by atoms with van der Waals surface area (Å²) in [5.41, 5.74) is 5.74. The van der Waals surface area contributed by atoms with Crippen LogP contribution in [0.2, 0.25) is 0 Å². The SMILES string of the molecule is CCN(C/C(N)=N/O)C(=O)c1ccc(I)c(O)c1. The smallest absolute Gasteiger partial charge is 0.254 e. The van der Waals surface area contributed by atoms with E-state index in [2.05, 4.69) is 5.16 Å². The predicted octanol–water partition coefficient (Wildman–Crippen LogP) is 1.21. The minimum absolute atomic E-state index is 0.0403. The number of carbonyl (C=O) groups is 1. The second-order valence-corrected chi connectivity index (χ2v) is 4.74. The summed E-state index contributed by atoms with van der Waals surface area (Å²) in [4.78, 5) is 13.5. The van der Waals surface area contributed by atoms with Crippen molar-refractivity contribution in [3.63, 3.8) is 0 Å². The van der Waals surface area contributed by atoms with Crippen molar-refractivity contribution in [1.82, 2.24) is 4.90 Å². The van der Waals surface area contributed by atoms with Crippen LogP contribution in [0, 0.1) is 3.57 Å². The first kappa shape index (κ1) is 14.6. The molecule has 0 saturated carbocycles. The molecule has 1 aromatic rings. The molecule has 0 aliphatic heterocycles.